The van der Waals surface area contributed by atoms with Crippen molar-refractivity contribution < 1.29 is 8.78 Å². The zero-order valence-corrected chi connectivity index (χ0v) is 10.4. The van der Waals surface area contributed by atoms with Crippen molar-refractivity contribution in [2.24, 2.45) is 0 Å². The maximum Gasteiger partial charge on any atom is 0.142 e. The summed E-state index contributed by atoms with van der Waals surface area (Å²) < 4.78 is 27.8. The number of hydrogen-bond acceptors (Lipinski definition) is 1. The van der Waals surface area contributed by atoms with Crippen molar-refractivity contribution in [1.82, 2.24) is 5.32 Å². The maximum absolute atomic E-state index is 14.6. The van der Waals surface area contributed by atoms with Crippen molar-refractivity contribution in [1.29, 1.82) is 0 Å². The first-order chi connectivity index (χ1) is 8.09. The van der Waals surface area contributed by atoms with Crippen molar-refractivity contribution in [2.45, 2.75) is 31.4 Å². The summed E-state index contributed by atoms with van der Waals surface area (Å²) in [4.78, 5) is 0. The van der Waals surface area contributed by atoms with Gasteiger partial charge in [0.2, 0.25) is 0 Å². The second-order valence-electron chi connectivity index (χ2n) is 4.68. The fraction of sp³-hybridized carbons (Fsp3) is 0.538. The monoisotopic (exact) mass is 259 g/mol. The maximum atomic E-state index is 14.6. The van der Waals surface area contributed by atoms with Gasteiger partial charge in [0.1, 0.15) is 11.5 Å². The van der Waals surface area contributed by atoms with Crippen LogP contribution < -0.4 is 5.32 Å². The second-order valence-corrected chi connectivity index (χ2v) is 5.09. The van der Waals surface area contributed by atoms with E-state index in [1.165, 1.54) is 12.1 Å². The molecule has 0 amide bonds. The third-order valence-corrected chi connectivity index (χ3v) is 3.54. The van der Waals surface area contributed by atoms with Crippen molar-refractivity contribution in [3.8, 4) is 0 Å². The number of hydrogen-bond donors (Lipinski definition) is 1. The summed E-state index contributed by atoms with van der Waals surface area (Å²) in [5.41, 5.74) is -0.541. The van der Waals surface area contributed by atoms with Gasteiger partial charge in [0.05, 0.1) is 5.02 Å². The Kier molecular flexibility index (Phi) is 4.00. The standard InChI is InChI=1S/C13H16ClF2N/c14-11-3-2-10(8-12(11)15)9-13(16)4-1-6-17-7-5-13/h2-3,8,17H,1,4-7,9H2. The van der Waals surface area contributed by atoms with Gasteiger partial charge < -0.3 is 5.32 Å². The van der Waals surface area contributed by atoms with Crippen LogP contribution in [0.4, 0.5) is 8.78 Å². The van der Waals surface area contributed by atoms with Crippen LogP contribution in [0.3, 0.4) is 0 Å². The minimum Gasteiger partial charge on any atom is -0.317 e. The molecule has 0 spiro atoms. The lowest BCUT2D eigenvalue weighted by atomic mass is 9.89. The molecule has 1 fully saturated rings. The van der Waals surface area contributed by atoms with E-state index in [1.807, 2.05) is 0 Å². The summed E-state index contributed by atoms with van der Waals surface area (Å²) in [6.07, 6.45) is 2.11. The molecule has 1 saturated heterocycles. The predicted octanol–water partition coefficient (Wildman–Crippen LogP) is 3.50. The average Bonchev–Trinajstić information content (AvgIpc) is 2.49. The molecule has 1 N–H and O–H groups in total. The highest BCUT2D eigenvalue weighted by molar-refractivity contribution is 6.30. The van der Waals surface area contributed by atoms with Gasteiger partial charge in [0.25, 0.3) is 0 Å². The number of halogens is 3. The van der Waals surface area contributed by atoms with Crippen molar-refractivity contribution in [3.05, 3.63) is 34.6 Å². The van der Waals surface area contributed by atoms with Gasteiger partial charge in [0.15, 0.2) is 0 Å². The van der Waals surface area contributed by atoms with Crippen LogP contribution in [0.15, 0.2) is 18.2 Å². The Morgan fingerprint density at radius 2 is 2.12 bits per heavy atom. The van der Waals surface area contributed by atoms with E-state index in [-0.39, 0.29) is 11.4 Å². The highest BCUT2D eigenvalue weighted by Crippen LogP contribution is 2.29. The summed E-state index contributed by atoms with van der Waals surface area (Å²) in [5.74, 6) is -0.473. The molecule has 1 aromatic carbocycles. The number of alkyl halides is 1. The SMILES string of the molecule is Fc1cc(CC2(F)CCCNCC2)ccc1Cl. The summed E-state index contributed by atoms with van der Waals surface area (Å²) in [6, 6.07) is 4.53. The zero-order chi connectivity index (χ0) is 12.3. The lowest BCUT2D eigenvalue weighted by Gasteiger charge is -2.23. The van der Waals surface area contributed by atoms with E-state index in [0.717, 1.165) is 13.0 Å². The van der Waals surface area contributed by atoms with Gasteiger partial charge >= 0.3 is 0 Å². The van der Waals surface area contributed by atoms with Crippen LogP contribution in [0.2, 0.25) is 5.02 Å². The first-order valence-electron chi connectivity index (χ1n) is 5.93. The third-order valence-electron chi connectivity index (χ3n) is 3.23. The fourth-order valence-electron chi connectivity index (χ4n) is 2.28. The Labute approximate surface area is 105 Å². The first kappa shape index (κ1) is 12.8. The summed E-state index contributed by atoms with van der Waals surface area (Å²) >= 11 is 5.61. The highest BCUT2D eigenvalue weighted by atomic mass is 35.5. The van der Waals surface area contributed by atoms with Crippen LogP contribution in [0, 0.1) is 5.82 Å². The topological polar surface area (TPSA) is 12.0 Å². The van der Waals surface area contributed by atoms with Crippen LogP contribution in [0.25, 0.3) is 0 Å². The summed E-state index contributed by atoms with van der Waals surface area (Å²) in [7, 11) is 0. The lowest BCUT2D eigenvalue weighted by Crippen LogP contribution is -2.27. The molecule has 17 heavy (non-hydrogen) atoms. The lowest BCUT2D eigenvalue weighted by molar-refractivity contribution is 0.144. The minimum absolute atomic E-state index is 0.0872. The normalized spacial score (nSPS) is 25.6. The van der Waals surface area contributed by atoms with Gasteiger partial charge in [-0.25, -0.2) is 8.78 Å². The smallest absolute Gasteiger partial charge is 0.142 e. The molecular weight excluding hydrogens is 244 g/mol. The average molecular weight is 260 g/mol. The Morgan fingerprint density at radius 3 is 2.88 bits per heavy atom. The van der Waals surface area contributed by atoms with Crippen molar-refractivity contribution >= 4 is 11.6 Å². The predicted molar refractivity (Wildman–Crippen MR) is 65.7 cm³/mol. The van der Waals surface area contributed by atoms with E-state index in [4.69, 9.17) is 11.6 Å². The Bertz CT molecular complexity index is 387. The molecule has 0 saturated carbocycles. The first-order valence-corrected chi connectivity index (χ1v) is 6.30. The van der Waals surface area contributed by atoms with Gasteiger partial charge in [0, 0.05) is 6.42 Å². The molecular formula is C13H16ClF2N. The Morgan fingerprint density at radius 1 is 1.29 bits per heavy atom. The molecule has 1 unspecified atom stereocenters. The summed E-state index contributed by atoms with van der Waals surface area (Å²) in [6.45, 7) is 1.55. The molecule has 1 nitrogen and oxygen atoms in total. The van der Waals surface area contributed by atoms with Gasteiger partial charge in [-0.3, -0.25) is 0 Å². The van der Waals surface area contributed by atoms with E-state index in [9.17, 15) is 8.78 Å². The Balaban J connectivity index is 2.10. The number of rotatable bonds is 2. The van der Waals surface area contributed by atoms with Crippen LogP contribution in [-0.4, -0.2) is 18.8 Å². The van der Waals surface area contributed by atoms with Crippen LogP contribution in [0.5, 0.6) is 0 Å². The van der Waals surface area contributed by atoms with Gasteiger partial charge in [-0.1, -0.05) is 17.7 Å². The Hall–Kier alpha value is -0.670. The molecule has 0 bridgehead atoms. The largest absolute Gasteiger partial charge is 0.317 e. The van der Waals surface area contributed by atoms with Crippen molar-refractivity contribution in [3.63, 3.8) is 0 Å². The second kappa shape index (κ2) is 5.32. The van der Waals surface area contributed by atoms with Gasteiger partial charge in [-0.15, -0.1) is 0 Å². The quantitative estimate of drug-likeness (QED) is 0.857. The minimum atomic E-state index is -1.22. The molecule has 1 heterocycles. The van der Waals surface area contributed by atoms with E-state index in [0.29, 0.717) is 24.9 Å². The molecule has 1 atom stereocenters. The van der Waals surface area contributed by atoms with Gasteiger partial charge in [-0.2, -0.15) is 0 Å². The molecule has 0 radical (unpaired) electrons. The molecule has 2 rings (SSSR count). The van der Waals surface area contributed by atoms with Crippen LogP contribution in [-0.2, 0) is 6.42 Å². The number of benzene rings is 1. The fourth-order valence-corrected chi connectivity index (χ4v) is 2.40. The van der Waals surface area contributed by atoms with Crippen LogP contribution >= 0.6 is 11.6 Å². The number of nitrogens with one attached hydrogen (secondary N) is 1. The van der Waals surface area contributed by atoms with Crippen molar-refractivity contribution in [2.75, 3.05) is 13.1 Å². The van der Waals surface area contributed by atoms with E-state index in [2.05, 4.69) is 5.32 Å². The molecule has 1 aliphatic rings. The highest BCUT2D eigenvalue weighted by Gasteiger charge is 2.30. The molecule has 0 aliphatic carbocycles. The van der Waals surface area contributed by atoms with Gasteiger partial charge in [-0.05, 0) is 50.0 Å². The van der Waals surface area contributed by atoms with E-state index >= 15 is 0 Å². The summed E-state index contributed by atoms with van der Waals surface area (Å²) in [5, 5.41) is 3.26. The molecule has 4 heteroatoms. The molecule has 1 aliphatic heterocycles. The van der Waals surface area contributed by atoms with Crippen LogP contribution in [0.1, 0.15) is 24.8 Å². The zero-order valence-electron chi connectivity index (χ0n) is 9.61. The molecule has 0 aromatic heterocycles. The molecule has 94 valence electrons. The molecule has 1 aromatic rings. The van der Waals surface area contributed by atoms with E-state index in [1.54, 1.807) is 6.07 Å². The van der Waals surface area contributed by atoms with E-state index < -0.39 is 11.5 Å². The third kappa shape index (κ3) is 3.39.